The van der Waals surface area contributed by atoms with Gasteiger partial charge in [0.05, 0.1) is 6.26 Å². The summed E-state index contributed by atoms with van der Waals surface area (Å²) in [5.74, 6) is -1.06. The van der Waals surface area contributed by atoms with Gasteiger partial charge in [0.25, 0.3) is 0 Å². The van der Waals surface area contributed by atoms with Crippen molar-refractivity contribution in [2.75, 3.05) is 0 Å². The third-order valence-corrected chi connectivity index (χ3v) is 2.19. The number of carboxylic acid groups (broad SMARTS) is 1. The van der Waals surface area contributed by atoms with Gasteiger partial charge in [-0.15, -0.1) is 0 Å². The number of carbonyl (C=O) groups is 1. The molecule has 1 heterocycles. The van der Waals surface area contributed by atoms with Gasteiger partial charge < -0.3 is 9.52 Å². The lowest BCUT2D eigenvalue weighted by Gasteiger charge is -2.00. The van der Waals surface area contributed by atoms with Crippen LogP contribution in [0.15, 0.2) is 41.0 Å². The molecule has 1 aromatic heterocycles. The fourth-order valence-corrected chi connectivity index (χ4v) is 1.51. The molecule has 0 atom stereocenters. The van der Waals surface area contributed by atoms with Crippen LogP contribution >= 0.6 is 0 Å². The summed E-state index contributed by atoms with van der Waals surface area (Å²) in [6.45, 7) is 1.96. The molecule has 2 aromatic rings. The molecule has 0 bridgehead atoms. The molecule has 2 rings (SSSR count). The van der Waals surface area contributed by atoms with E-state index in [2.05, 4.69) is 0 Å². The van der Waals surface area contributed by atoms with Crippen molar-refractivity contribution < 1.29 is 14.3 Å². The van der Waals surface area contributed by atoms with Crippen LogP contribution in [0.5, 0.6) is 0 Å². The van der Waals surface area contributed by atoms with E-state index >= 15 is 0 Å². The Morgan fingerprint density at radius 1 is 1.33 bits per heavy atom. The number of carboxylic acids is 1. The number of hydrogen-bond acceptors (Lipinski definition) is 2. The smallest absolute Gasteiger partial charge is 0.372 e. The second-order valence-electron chi connectivity index (χ2n) is 3.34. The first-order valence-corrected chi connectivity index (χ1v) is 4.56. The summed E-state index contributed by atoms with van der Waals surface area (Å²) in [6.07, 6.45) is 1.39. The number of benzene rings is 1. The highest BCUT2D eigenvalue weighted by molar-refractivity contribution is 5.93. The lowest BCUT2D eigenvalue weighted by Crippen LogP contribution is -1.95. The third-order valence-electron chi connectivity index (χ3n) is 2.19. The Kier molecular flexibility index (Phi) is 2.29. The van der Waals surface area contributed by atoms with E-state index in [0.717, 1.165) is 11.1 Å². The summed E-state index contributed by atoms with van der Waals surface area (Å²) in [5, 5.41) is 8.89. The minimum Gasteiger partial charge on any atom is -0.475 e. The highest BCUT2D eigenvalue weighted by atomic mass is 16.4. The molecule has 0 amide bonds. The standard InChI is InChI=1S/C12H10O3/c1-8-3-2-4-9(7-8)10-5-6-15-11(10)12(13)14/h2-7H,1H3,(H,13,14). The molecule has 1 aromatic carbocycles. The van der Waals surface area contributed by atoms with Crippen molar-refractivity contribution in [2.24, 2.45) is 0 Å². The second-order valence-corrected chi connectivity index (χ2v) is 3.34. The molecular formula is C12H10O3. The summed E-state index contributed by atoms with van der Waals surface area (Å²) in [4.78, 5) is 10.8. The molecular weight excluding hydrogens is 192 g/mol. The van der Waals surface area contributed by atoms with Crippen molar-refractivity contribution >= 4 is 5.97 Å². The largest absolute Gasteiger partial charge is 0.475 e. The predicted octanol–water partition coefficient (Wildman–Crippen LogP) is 2.95. The third kappa shape index (κ3) is 1.76. The number of hydrogen-bond donors (Lipinski definition) is 1. The van der Waals surface area contributed by atoms with Gasteiger partial charge in [-0.1, -0.05) is 29.8 Å². The fraction of sp³-hybridized carbons (Fsp3) is 0.0833. The van der Waals surface area contributed by atoms with Gasteiger partial charge in [0.15, 0.2) is 0 Å². The van der Waals surface area contributed by atoms with E-state index in [4.69, 9.17) is 9.52 Å². The highest BCUT2D eigenvalue weighted by Gasteiger charge is 2.14. The molecule has 0 aliphatic heterocycles. The maximum absolute atomic E-state index is 10.8. The molecule has 1 N–H and O–H groups in total. The first-order chi connectivity index (χ1) is 7.18. The average molecular weight is 202 g/mol. The first-order valence-electron chi connectivity index (χ1n) is 4.56. The van der Waals surface area contributed by atoms with Crippen molar-refractivity contribution in [1.82, 2.24) is 0 Å². The van der Waals surface area contributed by atoms with Crippen molar-refractivity contribution in [2.45, 2.75) is 6.92 Å². The first kappa shape index (κ1) is 9.52. The summed E-state index contributed by atoms with van der Waals surface area (Å²) in [7, 11) is 0. The topological polar surface area (TPSA) is 50.4 Å². The second kappa shape index (κ2) is 3.61. The molecule has 15 heavy (non-hydrogen) atoms. The van der Waals surface area contributed by atoms with Crippen LogP contribution in [-0.4, -0.2) is 11.1 Å². The van der Waals surface area contributed by atoms with Crippen LogP contribution in [-0.2, 0) is 0 Å². The molecule has 0 unspecified atom stereocenters. The van der Waals surface area contributed by atoms with E-state index < -0.39 is 5.97 Å². The molecule has 0 radical (unpaired) electrons. The van der Waals surface area contributed by atoms with E-state index in [9.17, 15) is 4.79 Å². The average Bonchev–Trinajstić information content (AvgIpc) is 2.65. The Morgan fingerprint density at radius 3 is 2.80 bits per heavy atom. The summed E-state index contributed by atoms with van der Waals surface area (Å²) >= 11 is 0. The van der Waals surface area contributed by atoms with Gasteiger partial charge in [-0.25, -0.2) is 4.79 Å². The summed E-state index contributed by atoms with van der Waals surface area (Å²) in [6, 6.07) is 9.31. The molecule has 3 heteroatoms. The molecule has 0 fully saturated rings. The van der Waals surface area contributed by atoms with Gasteiger partial charge in [0, 0.05) is 5.56 Å². The van der Waals surface area contributed by atoms with Crippen LogP contribution in [0.3, 0.4) is 0 Å². The minimum absolute atomic E-state index is 0.0133. The number of aryl methyl sites for hydroxylation is 1. The van der Waals surface area contributed by atoms with Gasteiger partial charge in [-0.05, 0) is 18.6 Å². The minimum atomic E-state index is -1.04. The van der Waals surface area contributed by atoms with Crippen LogP contribution in [0.2, 0.25) is 0 Å². The lowest BCUT2D eigenvalue weighted by molar-refractivity contribution is 0.0663. The fourth-order valence-electron chi connectivity index (χ4n) is 1.51. The Bertz CT molecular complexity index is 497. The zero-order valence-electron chi connectivity index (χ0n) is 8.23. The number of rotatable bonds is 2. The Hall–Kier alpha value is -2.03. The Morgan fingerprint density at radius 2 is 2.13 bits per heavy atom. The number of furan rings is 1. The molecule has 3 nitrogen and oxygen atoms in total. The zero-order valence-corrected chi connectivity index (χ0v) is 8.23. The van der Waals surface area contributed by atoms with Gasteiger partial charge in [-0.3, -0.25) is 0 Å². The molecule has 0 aliphatic rings. The maximum atomic E-state index is 10.8. The van der Waals surface area contributed by atoms with Crippen molar-refractivity contribution in [1.29, 1.82) is 0 Å². The monoisotopic (exact) mass is 202 g/mol. The van der Waals surface area contributed by atoms with Crippen LogP contribution in [0.25, 0.3) is 11.1 Å². The van der Waals surface area contributed by atoms with E-state index in [-0.39, 0.29) is 5.76 Å². The Balaban J connectivity index is 2.54. The van der Waals surface area contributed by atoms with Crippen LogP contribution in [0.1, 0.15) is 16.1 Å². The molecule has 76 valence electrons. The van der Waals surface area contributed by atoms with E-state index in [1.807, 2.05) is 31.2 Å². The Labute approximate surface area is 87.0 Å². The van der Waals surface area contributed by atoms with Crippen molar-refractivity contribution in [3.05, 3.63) is 47.9 Å². The molecule has 0 spiro atoms. The SMILES string of the molecule is Cc1cccc(-c2ccoc2C(=O)O)c1. The van der Waals surface area contributed by atoms with E-state index in [1.165, 1.54) is 6.26 Å². The normalized spacial score (nSPS) is 10.2. The van der Waals surface area contributed by atoms with Gasteiger partial charge in [0.2, 0.25) is 5.76 Å². The van der Waals surface area contributed by atoms with Crippen LogP contribution in [0, 0.1) is 6.92 Å². The van der Waals surface area contributed by atoms with Gasteiger partial charge in [0.1, 0.15) is 0 Å². The highest BCUT2D eigenvalue weighted by Crippen LogP contribution is 2.25. The van der Waals surface area contributed by atoms with Gasteiger partial charge >= 0.3 is 5.97 Å². The van der Waals surface area contributed by atoms with Crippen molar-refractivity contribution in [3.63, 3.8) is 0 Å². The molecule has 0 saturated heterocycles. The number of aromatic carboxylic acids is 1. The quantitative estimate of drug-likeness (QED) is 0.814. The molecule has 0 aliphatic carbocycles. The predicted molar refractivity (Wildman–Crippen MR) is 55.8 cm³/mol. The van der Waals surface area contributed by atoms with E-state index in [1.54, 1.807) is 6.07 Å². The van der Waals surface area contributed by atoms with Crippen LogP contribution in [0.4, 0.5) is 0 Å². The zero-order chi connectivity index (χ0) is 10.8. The van der Waals surface area contributed by atoms with E-state index in [0.29, 0.717) is 5.56 Å². The van der Waals surface area contributed by atoms with Crippen LogP contribution < -0.4 is 0 Å². The molecule has 0 saturated carbocycles. The van der Waals surface area contributed by atoms with Gasteiger partial charge in [-0.2, -0.15) is 0 Å². The maximum Gasteiger partial charge on any atom is 0.372 e. The summed E-state index contributed by atoms with van der Waals surface area (Å²) in [5.41, 5.74) is 2.57. The van der Waals surface area contributed by atoms with Crippen molar-refractivity contribution in [3.8, 4) is 11.1 Å². The summed E-state index contributed by atoms with van der Waals surface area (Å²) < 4.78 is 4.92. The lowest BCUT2D eigenvalue weighted by atomic mass is 10.0.